The molecule has 0 amide bonds. The van der Waals surface area contributed by atoms with Crippen LogP contribution in [-0.4, -0.2) is 40.1 Å². The summed E-state index contributed by atoms with van der Waals surface area (Å²) in [5, 5.41) is 3.40. The van der Waals surface area contributed by atoms with Crippen LogP contribution in [-0.2, 0) is 9.47 Å². The molecule has 0 bridgehead atoms. The van der Waals surface area contributed by atoms with E-state index in [1.54, 1.807) is 7.11 Å². The molecular weight excluding hydrogens is 322 g/mol. The second kappa shape index (κ2) is 10.2. The van der Waals surface area contributed by atoms with E-state index in [4.69, 9.17) is 14.2 Å². The summed E-state index contributed by atoms with van der Waals surface area (Å²) in [6.07, 6.45) is 0. The van der Waals surface area contributed by atoms with E-state index in [1.165, 1.54) is 0 Å². The predicted octanol–water partition coefficient (Wildman–Crippen LogP) is 3.16. The first-order chi connectivity index (χ1) is 9.69. The van der Waals surface area contributed by atoms with Gasteiger partial charge in [0.2, 0.25) is 0 Å². The molecule has 4 nitrogen and oxygen atoms in total. The summed E-state index contributed by atoms with van der Waals surface area (Å²) in [4.78, 5) is 0. The third kappa shape index (κ3) is 6.22. The summed E-state index contributed by atoms with van der Waals surface area (Å²) in [6.45, 7) is 7.46. The molecule has 0 heterocycles. The van der Waals surface area contributed by atoms with Crippen molar-refractivity contribution in [3.8, 4) is 5.75 Å². The van der Waals surface area contributed by atoms with Crippen LogP contribution < -0.4 is 10.1 Å². The summed E-state index contributed by atoms with van der Waals surface area (Å²) < 4.78 is 17.2. The number of hydrogen-bond donors (Lipinski definition) is 1. The molecule has 0 aromatic heterocycles. The van der Waals surface area contributed by atoms with Crippen LogP contribution in [0, 0.1) is 0 Å². The van der Waals surface area contributed by atoms with Gasteiger partial charge in [-0.2, -0.15) is 0 Å². The van der Waals surface area contributed by atoms with Crippen LogP contribution in [0.3, 0.4) is 0 Å². The Morgan fingerprint density at radius 3 is 2.65 bits per heavy atom. The number of benzene rings is 1. The van der Waals surface area contributed by atoms with Gasteiger partial charge in [0, 0.05) is 23.2 Å². The Kier molecular flexibility index (Phi) is 8.85. The van der Waals surface area contributed by atoms with Gasteiger partial charge in [-0.3, -0.25) is 0 Å². The molecule has 0 saturated carbocycles. The zero-order chi connectivity index (χ0) is 14.8. The van der Waals surface area contributed by atoms with E-state index in [9.17, 15) is 0 Å². The third-order valence-electron chi connectivity index (χ3n) is 2.87. The van der Waals surface area contributed by atoms with Gasteiger partial charge in [0.05, 0.1) is 19.8 Å². The molecule has 1 N–H and O–H groups in total. The van der Waals surface area contributed by atoms with E-state index in [0.717, 1.165) is 22.3 Å². The highest BCUT2D eigenvalue weighted by molar-refractivity contribution is 9.10. The highest BCUT2D eigenvalue weighted by Crippen LogP contribution is 2.28. The van der Waals surface area contributed by atoms with Crippen molar-refractivity contribution in [2.45, 2.75) is 19.9 Å². The first-order valence-electron chi connectivity index (χ1n) is 6.91. The minimum Gasteiger partial charge on any atom is -0.491 e. The molecular formula is C15H24BrNO3. The lowest BCUT2D eigenvalue weighted by atomic mass is 10.1. The van der Waals surface area contributed by atoms with Crippen LogP contribution in [0.15, 0.2) is 22.7 Å². The molecule has 1 unspecified atom stereocenters. The number of rotatable bonds is 10. The number of ether oxygens (including phenoxy) is 3. The van der Waals surface area contributed by atoms with Crippen molar-refractivity contribution in [1.29, 1.82) is 0 Å². The van der Waals surface area contributed by atoms with Gasteiger partial charge in [-0.05, 0) is 31.7 Å². The summed E-state index contributed by atoms with van der Waals surface area (Å²) >= 11 is 3.50. The molecule has 0 aliphatic rings. The Labute approximate surface area is 129 Å². The monoisotopic (exact) mass is 345 g/mol. The fourth-order valence-electron chi connectivity index (χ4n) is 1.86. The smallest absolute Gasteiger partial charge is 0.124 e. The van der Waals surface area contributed by atoms with E-state index in [-0.39, 0.29) is 6.04 Å². The molecule has 0 fully saturated rings. The fraction of sp³-hybridized carbons (Fsp3) is 0.600. The molecule has 1 rings (SSSR count). The van der Waals surface area contributed by atoms with Crippen LogP contribution in [0.2, 0.25) is 0 Å². The average Bonchev–Trinajstić information content (AvgIpc) is 2.44. The van der Waals surface area contributed by atoms with Gasteiger partial charge in [-0.25, -0.2) is 0 Å². The highest BCUT2D eigenvalue weighted by Gasteiger charge is 2.11. The maximum Gasteiger partial charge on any atom is 0.124 e. The van der Waals surface area contributed by atoms with Crippen molar-refractivity contribution < 1.29 is 14.2 Å². The highest BCUT2D eigenvalue weighted by atomic mass is 79.9. The molecule has 0 saturated heterocycles. The van der Waals surface area contributed by atoms with Crippen molar-refractivity contribution >= 4 is 15.9 Å². The molecule has 1 aromatic carbocycles. The molecule has 0 aliphatic heterocycles. The third-order valence-corrected chi connectivity index (χ3v) is 3.36. The van der Waals surface area contributed by atoms with Gasteiger partial charge in [0.25, 0.3) is 0 Å². The number of methoxy groups -OCH3 is 1. The summed E-state index contributed by atoms with van der Waals surface area (Å²) in [6, 6.07) is 6.32. The lowest BCUT2D eigenvalue weighted by Crippen LogP contribution is -2.19. The van der Waals surface area contributed by atoms with Crippen molar-refractivity contribution in [1.82, 2.24) is 5.32 Å². The van der Waals surface area contributed by atoms with Gasteiger partial charge < -0.3 is 19.5 Å². The zero-order valence-electron chi connectivity index (χ0n) is 12.4. The van der Waals surface area contributed by atoms with Crippen LogP contribution in [0.25, 0.3) is 0 Å². The molecule has 20 heavy (non-hydrogen) atoms. The van der Waals surface area contributed by atoms with E-state index in [2.05, 4.69) is 41.2 Å². The van der Waals surface area contributed by atoms with Gasteiger partial charge in [0.1, 0.15) is 12.4 Å². The molecule has 114 valence electrons. The molecule has 5 heteroatoms. The van der Waals surface area contributed by atoms with Gasteiger partial charge in [-0.15, -0.1) is 0 Å². The second-order valence-corrected chi connectivity index (χ2v) is 5.33. The van der Waals surface area contributed by atoms with E-state index in [0.29, 0.717) is 26.4 Å². The Morgan fingerprint density at radius 2 is 1.95 bits per heavy atom. The van der Waals surface area contributed by atoms with Gasteiger partial charge in [-0.1, -0.05) is 22.9 Å². The predicted molar refractivity (Wildman–Crippen MR) is 84.4 cm³/mol. The molecule has 0 aliphatic carbocycles. The number of hydrogen-bond acceptors (Lipinski definition) is 4. The van der Waals surface area contributed by atoms with E-state index in [1.807, 2.05) is 12.1 Å². The Morgan fingerprint density at radius 1 is 1.20 bits per heavy atom. The first kappa shape index (κ1) is 17.4. The molecule has 0 spiro atoms. The fourth-order valence-corrected chi connectivity index (χ4v) is 2.24. The van der Waals surface area contributed by atoms with E-state index < -0.39 is 0 Å². The van der Waals surface area contributed by atoms with Crippen molar-refractivity contribution in [2.75, 3.05) is 40.1 Å². The second-order valence-electron chi connectivity index (χ2n) is 4.42. The Hall–Kier alpha value is -0.620. The SMILES string of the molecule is CCNC(C)c1cc(Br)ccc1OCCOCCOC. The standard InChI is InChI=1S/C15H24BrNO3/c1-4-17-12(2)14-11-13(16)5-6-15(14)20-10-9-19-8-7-18-3/h5-6,11-12,17H,4,7-10H2,1-3H3. The lowest BCUT2D eigenvalue weighted by Gasteiger charge is -2.18. The molecule has 1 aromatic rings. The number of halogens is 1. The Bertz CT molecular complexity index is 387. The van der Waals surface area contributed by atoms with Crippen LogP contribution in [0.4, 0.5) is 0 Å². The average molecular weight is 346 g/mol. The quantitative estimate of drug-likeness (QED) is 0.661. The molecule has 0 radical (unpaired) electrons. The Balaban J connectivity index is 2.51. The van der Waals surface area contributed by atoms with Gasteiger partial charge >= 0.3 is 0 Å². The number of nitrogens with one attached hydrogen (secondary N) is 1. The zero-order valence-corrected chi connectivity index (χ0v) is 14.0. The summed E-state index contributed by atoms with van der Waals surface area (Å²) in [5.41, 5.74) is 1.15. The topological polar surface area (TPSA) is 39.7 Å². The van der Waals surface area contributed by atoms with Crippen LogP contribution in [0.1, 0.15) is 25.5 Å². The lowest BCUT2D eigenvalue weighted by molar-refractivity contribution is 0.0542. The van der Waals surface area contributed by atoms with Crippen molar-refractivity contribution in [3.05, 3.63) is 28.2 Å². The maximum atomic E-state index is 5.81. The minimum atomic E-state index is 0.252. The van der Waals surface area contributed by atoms with Crippen LogP contribution in [0.5, 0.6) is 5.75 Å². The largest absolute Gasteiger partial charge is 0.491 e. The normalized spacial score (nSPS) is 12.4. The summed E-state index contributed by atoms with van der Waals surface area (Å²) in [5.74, 6) is 0.900. The van der Waals surface area contributed by atoms with Crippen molar-refractivity contribution in [2.24, 2.45) is 0 Å². The first-order valence-corrected chi connectivity index (χ1v) is 7.70. The van der Waals surface area contributed by atoms with Crippen LogP contribution >= 0.6 is 15.9 Å². The van der Waals surface area contributed by atoms with Gasteiger partial charge in [0.15, 0.2) is 0 Å². The summed E-state index contributed by atoms with van der Waals surface area (Å²) in [7, 11) is 1.66. The van der Waals surface area contributed by atoms with E-state index >= 15 is 0 Å². The molecule has 1 atom stereocenters. The minimum absolute atomic E-state index is 0.252. The maximum absolute atomic E-state index is 5.81. The van der Waals surface area contributed by atoms with Crippen molar-refractivity contribution in [3.63, 3.8) is 0 Å².